The lowest BCUT2D eigenvalue weighted by atomic mass is 10.00. The number of nitrogens with zero attached hydrogens (tertiary/aromatic N) is 7. The summed E-state index contributed by atoms with van der Waals surface area (Å²) in [5, 5.41) is 5.47. The molecule has 3 fully saturated rings. The van der Waals surface area contributed by atoms with Crippen LogP contribution in [0, 0.1) is 17.8 Å². The number of imidazole rings is 2. The molecule has 3 saturated heterocycles. The number of H-pyrrole nitrogens is 1. The SMILES string of the molecule is CC[C@H]1OC(OC(=O)c2ccccc2)[C@@H](F)[C@@H]1C.CC[C@H]1OC(OC(=O)c2ccccc2)[C@@H](F)[C@@H]1C.CC[C@H]1O[C@@H](n2cnc3c(NC(=O)c4ccccc4)ncnc32)[C@@H](F)[C@@H]1C.O=C(Nc1ncnc2nc[nH]c12)c1ccccc1. The van der Waals surface area contributed by atoms with Crippen LogP contribution < -0.4 is 10.6 Å². The minimum atomic E-state index is -1.26. The molecule has 2 unspecified atom stereocenters. The molecule has 424 valence electrons. The summed E-state index contributed by atoms with van der Waals surface area (Å²) in [5.41, 5.74) is 3.84. The monoisotopic (exact) mass is 1110 g/mol. The van der Waals surface area contributed by atoms with Crippen molar-refractivity contribution in [3.05, 3.63) is 169 Å². The third-order valence-corrected chi connectivity index (χ3v) is 14.1. The highest BCUT2D eigenvalue weighted by Crippen LogP contribution is 2.39. The van der Waals surface area contributed by atoms with Gasteiger partial charge in [0.25, 0.3) is 11.8 Å². The summed E-state index contributed by atoms with van der Waals surface area (Å²) < 4.78 is 71.0. The Bertz CT molecular complexity index is 3250. The largest absolute Gasteiger partial charge is 0.429 e. The van der Waals surface area contributed by atoms with Crippen LogP contribution in [0.15, 0.2) is 147 Å². The summed E-state index contributed by atoms with van der Waals surface area (Å²) in [4.78, 5) is 75.5. The van der Waals surface area contributed by atoms with E-state index in [-0.39, 0.29) is 53.7 Å². The summed E-state index contributed by atoms with van der Waals surface area (Å²) in [6.45, 7) is 11.2. The highest BCUT2D eigenvalue weighted by Gasteiger charge is 2.46. The summed E-state index contributed by atoms with van der Waals surface area (Å²) in [7, 11) is 0. The van der Waals surface area contributed by atoms with Crippen LogP contribution in [0.3, 0.4) is 0 Å². The Morgan fingerprint density at radius 2 is 0.951 bits per heavy atom. The second-order valence-electron chi connectivity index (χ2n) is 19.3. The molecule has 4 aromatic heterocycles. The van der Waals surface area contributed by atoms with Crippen LogP contribution in [0.25, 0.3) is 22.3 Å². The quantitative estimate of drug-likeness (QED) is 0.0965. The number of amides is 2. The van der Waals surface area contributed by atoms with Gasteiger partial charge in [0.05, 0.1) is 42.1 Å². The van der Waals surface area contributed by atoms with E-state index in [2.05, 4.69) is 45.5 Å². The topological polar surface area (TPSA) is 237 Å². The summed E-state index contributed by atoms with van der Waals surface area (Å²) in [6, 6.07) is 34.8. The van der Waals surface area contributed by atoms with Gasteiger partial charge in [0.1, 0.15) is 18.2 Å². The Morgan fingerprint density at radius 3 is 1.41 bits per heavy atom. The fourth-order valence-corrected chi connectivity index (χ4v) is 9.32. The van der Waals surface area contributed by atoms with E-state index in [1.807, 2.05) is 39.8 Å². The van der Waals surface area contributed by atoms with E-state index in [4.69, 9.17) is 23.7 Å². The van der Waals surface area contributed by atoms with Crippen molar-refractivity contribution >= 4 is 57.7 Å². The zero-order valence-electron chi connectivity index (χ0n) is 45.3. The van der Waals surface area contributed by atoms with Crippen LogP contribution in [0.2, 0.25) is 0 Å². The van der Waals surface area contributed by atoms with Crippen LogP contribution in [0.4, 0.5) is 24.8 Å². The molecule has 19 nitrogen and oxygen atoms in total. The third-order valence-electron chi connectivity index (χ3n) is 14.1. The van der Waals surface area contributed by atoms with Crippen LogP contribution in [0.5, 0.6) is 0 Å². The molecule has 81 heavy (non-hydrogen) atoms. The van der Waals surface area contributed by atoms with Gasteiger partial charge in [-0.3, -0.25) is 14.2 Å². The summed E-state index contributed by atoms with van der Waals surface area (Å²) in [6.07, 6.45) is 0.668. The van der Waals surface area contributed by atoms with Gasteiger partial charge in [-0.05, 0) is 67.8 Å². The Kier molecular flexibility index (Phi) is 20.0. The van der Waals surface area contributed by atoms with E-state index in [9.17, 15) is 32.3 Å². The molecule has 0 bridgehead atoms. The number of aromatic nitrogens is 8. The third kappa shape index (κ3) is 14.1. The van der Waals surface area contributed by atoms with Gasteiger partial charge < -0.3 is 39.3 Å². The van der Waals surface area contributed by atoms with Gasteiger partial charge in [0.15, 0.2) is 53.2 Å². The minimum Gasteiger partial charge on any atom is -0.429 e. The lowest BCUT2D eigenvalue weighted by Crippen LogP contribution is -2.26. The van der Waals surface area contributed by atoms with Gasteiger partial charge in [0, 0.05) is 28.9 Å². The highest BCUT2D eigenvalue weighted by atomic mass is 19.1. The lowest BCUT2D eigenvalue weighted by molar-refractivity contribution is -0.121. The van der Waals surface area contributed by atoms with Crippen molar-refractivity contribution in [2.24, 2.45) is 17.8 Å². The predicted octanol–water partition coefficient (Wildman–Crippen LogP) is 10.9. The number of fused-ring (bicyclic) bond motifs is 2. The van der Waals surface area contributed by atoms with Gasteiger partial charge in [-0.15, -0.1) is 0 Å². The molecule has 11 rings (SSSR count). The number of rotatable bonds is 12. The second-order valence-corrected chi connectivity index (χ2v) is 19.3. The molecule has 0 spiro atoms. The molecular formula is C59H63F3N10O9. The van der Waals surface area contributed by atoms with E-state index in [0.29, 0.717) is 63.2 Å². The zero-order chi connectivity index (χ0) is 57.6. The van der Waals surface area contributed by atoms with Gasteiger partial charge in [-0.25, -0.2) is 52.7 Å². The van der Waals surface area contributed by atoms with Crippen LogP contribution in [-0.4, -0.2) is 113 Å². The number of halogens is 3. The normalized spacial score (nSPS) is 24.6. The first-order chi connectivity index (χ1) is 39.2. The molecule has 3 N–H and O–H groups in total. The van der Waals surface area contributed by atoms with Gasteiger partial charge in [-0.1, -0.05) is 114 Å². The molecule has 12 atom stereocenters. The zero-order valence-corrected chi connectivity index (χ0v) is 45.3. The molecule has 0 aliphatic carbocycles. The fourth-order valence-electron chi connectivity index (χ4n) is 9.32. The van der Waals surface area contributed by atoms with Gasteiger partial charge >= 0.3 is 11.9 Å². The molecule has 8 aromatic rings. The van der Waals surface area contributed by atoms with E-state index in [1.165, 1.54) is 25.3 Å². The van der Waals surface area contributed by atoms with Crippen molar-refractivity contribution in [1.29, 1.82) is 0 Å². The highest BCUT2D eigenvalue weighted by molar-refractivity contribution is 6.07. The molecule has 4 aromatic carbocycles. The van der Waals surface area contributed by atoms with E-state index >= 15 is 0 Å². The number of carbonyl (C=O) groups is 4. The molecule has 2 amide bonds. The summed E-state index contributed by atoms with van der Waals surface area (Å²) >= 11 is 0. The number of alkyl halides is 3. The van der Waals surface area contributed by atoms with Crippen molar-refractivity contribution in [2.75, 3.05) is 10.6 Å². The lowest BCUT2D eigenvalue weighted by Gasteiger charge is -2.15. The molecule has 0 radical (unpaired) electrons. The summed E-state index contributed by atoms with van der Waals surface area (Å²) in [5.74, 6) is -1.62. The predicted molar refractivity (Wildman–Crippen MR) is 294 cm³/mol. The van der Waals surface area contributed by atoms with Crippen molar-refractivity contribution < 1.29 is 56.0 Å². The maximum Gasteiger partial charge on any atom is 0.340 e. The van der Waals surface area contributed by atoms with Crippen molar-refractivity contribution in [1.82, 2.24) is 39.5 Å². The number of hydrogen-bond acceptors (Lipinski definition) is 15. The number of carbonyl (C=O) groups excluding carboxylic acids is 4. The van der Waals surface area contributed by atoms with Gasteiger partial charge in [0.2, 0.25) is 12.6 Å². The molecule has 3 aliphatic heterocycles. The first kappa shape index (κ1) is 58.7. The van der Waals surface area contributed by atoms with Crippen molar-refractivity contribution in [2.45, 2.75) is 116 Å². The number of anilines is 2. The Labute approximate surface area is 465 Å². The van der Waals surface area contributed by atoms with Crippen LogP contribution >= 0.6 is 0 Å². The number of esters is 2. The Balaban J connectivity index is 0.000000144. The van der Waals surface area contributed by atoms with E-state index < -0.39 is 49.3 Å². The molecule has 22 heteroatoms. The second kappa shape index (κ2) is 27.6. The molecule has 3 aliphatic rings. The van der Waals surface area contributed by atoms with Gasteiger partial charge in [-0.2, -0.15) is 0 Å². The first-order valence-electron chi connectivity index (χ1n) is 26.7. The maximum absolute atomic E-state index is 14.8. The van der Waals surface area contributed by atoms with Crippen molar-refractivity contribution in [3.8, 4) is 0 Å². The van der Waals surface area contributed by atoms with E-state index in [0.717, 1.165) is 6.42 Å². The molecule has 7 heterocycles. The fraction of sp³-hybridized carbons (Fsp3) is 0.356. The number of nitrogens with one attached hydrogen (secondary N) is 3. The minimum absolute atomic E-state index is 0.151. The Hall–Kier alpha value is -8.47. The maximum atomic E-state index is 14.8. The number of benzene rings is 4. The number of ether oxygens (including phenoxy) is 5. The van der Waals surface area contributed by atoms with Crippen LogP contribution in [-0.2, 0) is 23.7 Å². The average molecular weight is 1110 g/mol. The Morgan fingerprint density at radius 1 is 0.531 bits per heavy atom. The molecule has 0 saturated carbocycles. The molecular weight excluding hydrogens is 1050 g/mol. The van der Waals surface area contributed by atoms with Crippen LogP contribution in [0.1, 0.15) is 108 Å². The number of hydrogen-bond donors (Lipinski definition) is 3. The average Bonchev–Trinajstić information content (AvgIpc) is 4.38. The standard InChI is InChI=1S/C19H20FN5O2.2C14H17FO3.C12H9N5O/c1-3-13-11(2)14(20)19(27-13)25-10-23-15-16(21-9-22-17(15)25)24-18(26)12-7-5-4-6-8-12;2*1-3-11-9(2)12(15)14(17-11)18-13(16)10-7-5-4-6-8-10;18-12(8-4-2-1-3-5-8)17-11-9-10(14-6-13-9)15-7-16-11/h4-11,13-14,19H,3H2,1-2H3,(H,21,22,24,26);2*4-9,11-12,14H,3H2,1-2H3;1-7H,(H2,13,14,15,16,17,18)/t11-,13-,14+,19-;2*9-,11-,12+,14?;/m111./s1. The van der Waals surface area contributed by atoms with E-state index in [1.54, 1.807) is 128 Å². The smallest absolute Gasteiger partial charge is 0.340 e. The number of aromatic amines is 1. The first-order valence-corrected chi connectivity index (χ1v) is 26.7. The van der Waals surface area contributed by atoms with Crippen molar-refractivity contribution in [3.63, 3.8) is 0 Å².